The van der Waals surface area contributed by atoms with E-state index in [1.54, 1.807) is 0 Å². The minimum absolute atomic E-state index is 0.00445. The minimum Gasteiger partial charge on any atom is -0.481 e. The third-order valence-electron chi connectivity index (χ3n) is 10.4. The summed E-state index contributed by atoms with van der Waals surface area (Å²) in [5.41, 5.74) is -0.252. The molecule has 4 fully saturated rings. The number of nitro groups is 1. The van der Waals surface area contributed by atoms with Crippen LogP contribution in [0.4, 0.5) is 0 Å². The third kappa shape index (κ3) is 10.6. The molecule has 266 valence electrons. The highest BCUT2D eigenvalue weighted by atomic mass is 16.6. The summed E-state index contributed by atoms with van der Waals surface area (Å²) in [6, 6.07) is -0.950. The topological polar surface area (TPSA) is 209 Å². The molecule has 3 N–H and O–H groups in total. The predicted molar refractivity (Wildman–Crippen MR) is 164 cm³/mol. The monoisotopic (exact) mass is 669 g/mol. The standard InChI is InChI=1S/C33H51NO13/c1-33(2,18-45-22-7-11-24(12-8-22)47-32(41)26-14-4-20(35)16-28(26)30(38)39)17-44-21-5-9-23(10-6-21)46-31(40)25-13-3-19(34(42)43)15-27(25)29(36)37/h19-28,35H,3-18H2,1-2H3,(H,36,37)(H,38,39). The van der Waals surface area contributed by atoms with Crippen LogP contribution in [0.1, 0.15) is 104 Å². The first-order chi connectivity index (χ1) is 22.2. The smallest absolute Gasteiger partial charge is 0.310 e. The lowest BCUT2D eigenvalue weighted by molar-refractivity contribution is -0.528. The zero-order valence-corrected chi connectivity index (χ0v) is 27.5. The minimum atomic E-state index is -1.20. The van der Waals surface area contributed by atoms with Gasteiger partial charge in [0.05, 0.1) is 55.2 Å². The molecule has 47 heavy (non-hydrogen) atoms. The Bertz CT molecular complexity index is 1110. The van der Waals surface area contributed by atoms with Crippen LogP contribution >= 0.6 is 0 Å². The Morgan fingerprint density at radius 1 is 0.638 bits per heavy atom. The van der Waals surface area contributed by atoms with Gasteiger partial charge in [0, 0.05) is 23.2 Å². The summed E-state index contributed by atoms with van der Waals surface area (Å²) in [5, 5.41) is 40.0. The Hall–Kier alpha value is -2.84. The van der Waals surface area contributed by atoms with E-state index in [-0.39, 0.29) is 55.5 Å². The summed E-state index contributed by atoms with van der Waals surface area (Å²) < 4.78 is 23.8. The summed E-state index contributed by atoms with van der Waals surface area (Å²) in [6.07, 6.45) is 4.99. The van der Waals surface area contributed by atoms with Gasteiger partial charge in [0.25, 0.3) is 0 Å². The maximum absolute atomic E-state index is 12.8. The van der Waals surface area contributed by atoms with Gasteiger partial charge < -0.3 is 34.3 Å². The fourth-order valence-corrected chi connectivity index (χ4v) is 7.46. The first kappa shape index (κ1) is 37.0. The van der Waals surface area contributed by atoms with Crippen molar-refractivity contribution in [1.82, 2.24) is 0 Å². The number of rotatable bonds is 13. The molecule has 4 saturated carbocycles. The summed E-state index contributed by atoms with van der Waals surface area (Å²) in [4.78, 5) is 59.5. The molecule has 0 aromatic rings. The number of carbonyl (C=O) groups is 4. The van der Waals surface area contributed by atoms with Gasteiger partial charge in [-0.25, -0.2) is 0 Å². The van der Waals surface area contributed by atoms with Crippen molar-refractivity contribution in [3.63, 3.8) is 0 Å². The molecule has 6 unspecified atom stereocenters. The Kier molecular flexibility index (Phi) is 13.0. The van der Waals surface area contributed by atoms with Crippen LogP contribution in [0.2, 0.25) is 0 Å². The highest BCUT2D eigenvalue weighted by molar-refractivity contribution is 5.82. The number of aliphatic hydroxyl groups is 1. The Morgan fingerprint density at radius 3 is 1.47 bits per heavy atom. The predicted octanol–water partition coefficient (Wildman–Crippen LogP) is 3.76. The highest BCUT2D eigenvalue weighted by Gasteiger charge is 2.45. The Morgan fingerprint density at radius 2 is 1.04 bits per heavy atom. The van der Waals surface area contributed by atoms with Gasteiger partial charge in [-0.2, -0.15) is 0 Å². The number of aliphatic carboxylic acids is 2. The SMILES string of the molecule is CC(C)(COC1CCC(OC(=O)C2CCC(O)CC2C(=O)O)CC1)COC1CCC(OC(=O)C2CCC([N+](=O)[O-])CC2C(=O)O)CC1. The molecule has 14 heteroatoms. The molecule has 4 rings (SSSR count). The fraction of sp³-hybridized carbons (Fsp3) is 0.879. The summed E-state index contributed by atoms with van der Waals surface area (Å²) in [5.74, 6) is -6.97. The zero-order valence-electron chi connectivity index (χ0n) is 27.5. The second-order valence-corrected chi connectivity index (χ2v) is 14.8. The molecule has 0 radical (unpaired) electrons. The molecule has 0 spiro atoms. The number of esters is 2. The summed E-state index contributed by atoms with van der Waals surface area (Å²) in [6.45, 7) is 5.11. The van der Waals surface area contributed by atoms with Crippen molar-refractivity contribution < 1.29 is 58.4 Å². The number of hydrogen-bond acceptors (Lipinski definition) is 11. The van der Waals surface area contributed by atoms with E-state index < -0.39 is 64.6 Å². The van der Waals surface area contributed by atoms with Crippen molar-refractivity contribution >= 4 is 23.9 Å². The molecule has 4 aliphatic rings. The van der Waals surface area contributed by atoms with Crippen LogP contribution in [0.15, 0.2) is 0 Å². The largest absolute Gasteiger partial charge is 0.481 e. The van der Waals surface area contributed by atoms with Crippen LogP contribution in [0.3, 0.4) is 0 Å². The zero-order chi connectivity index (χ0) is 34.3. The highest BCUT2D eigenvalue weighted by Crippen LogP contribution is 2.36. The van der Waals surface area contributed by atoms with Gasteiger partial charge in [-0.3, -0.25) is 29.3 Å². The molecule has 4 aliphatic carbocycles. The molecule has 0 aromatic heterocycles. The average molecular weight is 670 g/mol. The van der Waals surface area contributed by atoms with Crippen molar-refractivity contribution in [2.45, 2.75) is 140 Å². The maximum atomic E-state index is 12.8. The molecule has 0 heterocycles. The van der Waals surface area contributed by atoms with Crippen molar-refractivity contribution in [2.24, 2.45) is 29.1 Å². The van der Waals surface area contributed by atoms with E-state index in [1.165, 1.54) is 0 Å². The van der Waals surface area contributed by atoms with E-state index in [2.05, 4.69) is 13.8 Å². The number of carbonyl (C=O) groups excluding carboxylic acids is 2. The Balaban J connectivity index is 1.11. The number of carboxylic acid groups (broad SMARTS) is 2. The van der Waals surface area contributed by atoms with Crippen molar-refractivity contribution in [2.75, 3.05) is 13.2 Å². The van der Waals surface area contributed by atoms with E-state index in [0.29, 0.717) is 64.6 Å². The van der Waals surface area contributed by atoms with E-state index in [4.69, 9.17) is 18.9 Å². The van der Waals surface area contributed by atoms with Gasteiger partial charge in [-0.05, 0) is 77.0 Å². The quantitative estimate of drug-likeness (QED) is 0.145. The number of nitrogens with zero attached hydrogens (tertiary/aromatic N) is 1. The van der Waals surface area contributed by atoms with Crippen LogP contribution < -0.4 is 0 Å². The first-order valence-electron chi connectivity index (χ1n) is 17.1. The summed E-state index contributed by atoms with van der Waals surface area (Å²) in [7, 11) is 0. The average Bonchev–Trinajstić information content (AvgIpc) is 3.03. The second-order valence-electron chi connectivity index (χ2n) is 14.8. The van der Waals surface area contributed by atoms with E-state index in [0.717, 1.165) is 12.8 Å². The van der Waals surface area contributed by atoms with Crippen LogP contribution in [0.25, 0.3) is 0 Å². The van der Waals surface area contributed by atoms with Gasteiger partial charge in [-0.1, -0.05) is 13.8 Å². The second kappa shape index (κ2) is 16.5. The van der Waals surface area contributed by atoms with Gasteiger partial charge in [0.15, 0.2) is 0 Å². The van der Waals surface area contributed by atoms with Crippen LogP contribution in [0.5, 0.6) is 0 Å². The van der Waals surface area contributed by atoms with Crippen LogP contribution in [-0.2, 0) is 38.1 Å². The summed E-state index contributed by atoms with van der Waals surface area (Å²) >= 11 is 0. The molecular formula is C33H51NO13. The number of hydrogen-bond donors (Lipinski definition) is 3. The molecule has 0 amide bonds. The first-order valence-corrected chi connectivity index (χ1v) is 17.1. The van der Waals surface area contributed by atoms with Gasteiger partial charge >= 0.3 is 23.9 Å². The van der Waals surface area contributed by atoms with Crippen LogP contribution in [-0.4, -0.2) is 93.9 Å². The lowest BCUT2D eigenvalue weighted by Gasteiger charge is -2.35. The normalized spacial score (nSPS) is 35.0. The van der Waals surface area contributed by atoms with E-state index >= 15 is 0 Å². The van der Waals surface area contributed by atoms with Crippen molar-refractivity contribution in [3.05, 3.63) is 10.1 Å². The molecule has 14 nitrogen and oxygen atoms in total. The van der Waals surface area contributed by atoms with Crippen molar-refractivity contribution in [1.29, 1.82) is 0 Å². The lowest BCUT2D eigenvalue weighted by atomic mass is 9.77. The van der Waals surface area contributed by atoms with E-state index in [9.17, 15) is 44.6 Å². The molecule has 0 saturated heterocycles. The van der Waals surface area contributed by atoms with Gasteiger partial charge in [-0.15, -0.1) is 0 Å². The molecule has 6 atom stereocenters. The molecular weight excluding hydrogens is 618 g/mol. The Labute approximate surface area is 275 Å². The van der Waals surface area contributed by atoms with Crippen molar-refractivity contribution in [3.8, 4) is 0 Å². The molecule has 0 aromatic carbocycles. The lowest BCUT2D eigenvalue weighted by Crippen LogP contribution is -2.42. The number of ether oxygens (including phenoxy) is 4. The molecule has 0 aliphatic heterocycles. The maximum Gasteiger partial charge on any atom is 0.310 e. The fourth-order valence-electron chi connectivity index (χ4n) is 7.46. The van der Waals surface area contributed by atoms with Crippen LogP contribution in [0, 0.1) is 39.2 Å². The third-order valence-corrected chi connectivity index (χ3v) is 10.4. The van der Waals surface area contributed by atoms with E-state index in [1.807, 2.05) is 0 Å². The number of carboxylic acids is 2. The molecule has 0 bridgehead atoms. The van der Waals surface area contributed by atoms with Gasteiger partial charge in [0.1, 0.15) is 12.2 Å². The number of aliphatic hydroxyl groups excluding tert-OH is 1. The van der Waals surface area contributed by atoms with Gasteiger partial charge in [0.2, 0.25) is 6.04 Å².